The van der Waals surface area contributed by atoms with Crippen molar-refractivity contribution in [3.8, 4) is 0 Å². The molecule has 0 saturated heterocycles. The number of benzene rings is 1. The second-order valence-corrected chi connectivity index (χ2v) is 5.33. The van der Waals surface area contributed by atoms with Crippen LogP contribution in [0.2, 0.25) is 0 Å². The summed E-state index contributed by atoms with van der Waals surface area (Å²) in [5, 5.41) is 3.58. The topological polar surface area (TPSA) is 24.5 Å². The van der Waals surface area contributed by atoms with Crippen LogP contribution in [-0.2, 0) is 11.3 Å². The van der Waals surface area contributed by atoms with Gasteiger partial charge in [0, 0.05) is 24.9 Å². The molecule has 1 aromatic rings. The maximum absolute atomic E-state index is 5.58. The molecule has 3 heteroatoms. The molecule has 3 nitrogen and oxygen atoms in total. The zero-order valence-corrected chi connectivity index (χ0v) is 11.6. The summed E-state index contributed by atoms with van der Waals surface area (Å²) >= 11 is 0. The predicted molar refractivity (Wildman–Crippen MR) is 75.9 cm³/mol. The molecule has 0 spiro atoms. The largest absolute Gasteiger partial charge is 0.382 e. The van der Waals surface area contributed by atoms with Gasteiger partial charge in [0.05, 0.1) is 6.10 Å². The SMILES string of the molecule is CCOC1CC(Nc2cccc(CN(C)C)c2)C1. The molecule has 1 N–H and O–H groups in total. The number of ether oxygens (including phenoxy) is 1. The average Bonchev–Trinajstić information content (AvgIpc) is 2.26. The minimum absolute atomic E-state index is 0.470. The van der Waals surface area contributed by atoms with Crippen LogP contribution in [0.3, 0.4) is 0 Å². The van der Waals surface area contributed by atoms with Crippen molar-refractivity contribution >= 4 is 5.69 Å². The van der Waals surface area contributed by atoms with Crippen LogP contribution < -0.4 is 5.32 Å². The second-order valence-electron chi connectivity index (χ2n) is 5.33. The quantitative estimate of drug-likeness (QED) is 0.837. The third-order valence-electron chi connectivity index (χ3n) is 3.29. The summed E-state index contributed by atoms with van der Waals surface area (Å²) < 4.78 is 5.58. The van der Waals surface area contributed by atoms with Gasteiger partial charge < -0.3 is 15.0 Å². The van der Waals surface area contributed by atoms with Gasteiger partial charge in [-0.1, -0.05) is 12.1 Å². The first kappa shape index (κ1) is 13.4. The van der Waals surface area contributed by atoms with Gasteiger partial charge in [-0.3, -0.25) is 0 Å². The molecule has 0 amide bonds. The fourth-order valence-corrected chi connectivity index (χ4v) is 2.42. The fraction of sp³-hybridized carbons (Fsp3) is 0.600. The van der Waals surface area contributed by atoms with Gasteiger partial charge in [0.1, 0.15) is 0 Å². The second kappa shape index (κ2) is 6.21. The third kappa shape index (κ3) is 3.72. The van der Waals surface area contributed by atoms with E-state index >= 15 is 0 Å². The molecule has 0 aliphatic heterocycles. The Kier molecular flexibility index (Phi) is 4.61. The van der Waals surface area contributed by atoms with Gasteiger partial charge in [0.2, 0.25) is 0 Å². The molecule has 100 valence electrons. The summed E-state index contributed by atoms with van der Waals surface area (Å²) in [6.45, 7) is 3.88. The lowest BCUT2D eigenvalue weighted by atomic mass is 9.89. The van der Waals surface area contributed by atoms with Crippen molar-refractivity contribution in [2.45, 2.75) is 38.5 Å². The van der Waals surface area contributed by atoms with Crippen LogP contribution in [-0.4, -0.2) is 37.7 Å². The van der Waals surface area contributed by atoms with Gasteiger partial charge in [-0.05, 0) is 51.6 Å². The molecule has 0 aromatic heterocycles. The van der Waals surface area contributed by atoms with Crippen molar-refractivity contribution in [1.82, 2.24) is 4.90 Å². The maximum atomic E-state index is 5.58. The molecule has 1 fully saturated rings. The Balaban J connectivity index is 1.83. The molecule has 1 aliphatic carbocycles. The van der Waals surface area contributed by atoms with Crippen LogP contribution in [0.1, 0.15) is 25.3 Å². The lowest BCUT2D eigenvalue weighted by Gasteiger charge is -2.36. The third-order valence-corrected chi connectivity index (χ3v) is 3.29. The van der Waals surface area contributed by atoms with Crippen LogP contribution >= 0.6 is 0 Å². The van der Waals surface area contributed by atoms with Gasteiger partial charge in [-0.15, -0.1) is 0 Å². The van der Waals surface area contributed by atoms with Crippen molar-refractivity contribution in [2.24, 2.45) is 0 Å². The van der Waals surface area contributed by atoms with Gasteiger partial charge in [-0.2, -0.15) is 0 Å². The highest BCUT2D eigenvalue weighted by Gasteiger charge is 2.29. The van der Waals surface area contributed by atoms with Crippen LogP contribution in [0.15, 0.2) is 24.3 Å². The Bertz CT molecular complexity index is 373. The van der Waals surface area contributed by atoms with E-state index in [9.17, 15) is 0 Å². The molecule has 0 bridgehead atoms. The zero-order valence-electron chi connectivity index (χ0n) is 11.6. The minimum atomic E-state index is 0.470. The average molecular weight is 248 g/mol. The van der Waals surface area contributed by atoms with E-state index in [-0.39, 0.29) is 0 Å². The number of rotatable bonds is 6. The van der Waals surface area contributed by atoms with Crippen molar-refractivity contribution in [2.75, 3.05) is 26.0 Å². The van der Waals surface area contributed by atoms with Crippen LogP contribution in [0.25, 0.3) is 0 Å². The summed E-state index contributed by atoms with van der Waals surface area (Å²) in [5.74, 6) is 0. The first-order valence-electron chi connectivity index (χ1n) is 6.79. The molecule has 0 unspecified atom stereocenters. The Labute approximate surface area is 110 Å². The van der Waals surface area contributed by atoms with E-state index in [0.29, 0.717) is 12.1 Å². The minimum Gasteiger partial charge on any atom is -0.382 e. The highest BCUT2D eigenvalue weighted by Crippen LogP contribution is 2.27. The summed E-state index contributed by atoms with van der Waals surface area (Å²) in [7, 11) is 4.19. The van der Waals surface area contributed by atoms with E-state index in [1.54, 1.807) is 0 Å². The number of nitrogens with zero attached hydrogens (tertiary/aromatic N) is 1. The molecule has 1 aromatic carbocycles. The van der Waals surface area contributed by atoms with Crippen LogP contribution in [0.5, 0.6) is 0 Å². The van der Waals surface area contributed by atoms with Gasteiger partial charge in [0.25, 0.3) is 0 Å². The smallest absolute Gasteiger partial charge is 0.0614 e. The highest BCUT2D eigenvalue weighted by atomic mass is 16.5. The maximum Gasteiger partial charge on any atom is 0.0614 e. The van der Waals surface area contributed by atoms with E-state index in [4.69, 9.17) is 4.74 Å². The van der Waals surface area contributed by atoms with E-state index in [1.807, 2.05) is 0 Å². The normalized spacial score (nSPS) is 22.9. The summed E-state index contributed by atoms with van der Waals surface area (Å²) in [4.78, 5) is 2.19. The summed E-state index contributed by atoms with van der Waals surface area (Å²) in [6.07, 6.45) is 2.73. The predicted octanol–water partition coefficient (Wildman–Crippen LogP) is 2.73. The molecular weight excluding hydrogens is 224 g/mol. The van der Waals surface area contributed by atoms with Crippen molar-refractivity contribution in [1.29, 1.82) is 0 Å². The first-order valence-corrected chi connectivity index (χ1v) is 6.79. The number of hydrogen-bond donors (Lipinski definition) is 1. The molecule has 0 atom stereocenters. The molecule has 2 rings (SSSR count). The molecule has 1 saturated carbocycles. The Morgan fingerprint density at radius 3 is 2.78 bits per heavy atom. The number of hydrogen-bond acceptors (Lipinski definition) is 3. The summed E-state index contributed by atoms with van der Waals surface area (Å²) in [6, 6.07) is 9.27. The van der Waals surface area contributed by atoms with E-state index in [2.05, 4.69) is 55.5 Å². The Morgan fingerprint density at radius 1 is 1.33 bits per heavy atom. The summed E-state index contributed by atoms with van der Waals surface area (Å²) in [5.41, 5.74) is 2.58. The van der Waals surface area contributed by atoms with Crippen molar-refractivity contribution in [3.05, 3.63) is 29.8 Å². The highest BCUT2D eigenvalue weighted by molar-refractivity contribution is 5.47. The first-order chi connectivity index (χ1) is 8.67. The number of nitrogens with one attached hydrogen (secondary N) is 1. The van der Waals surface area contributed by atoms with Crippen molar-refractivity contribution < 1.29 is 4.74 Å². The molecule has 18 heavy (non-hydrogen) atoms. The van der Waals surface area contributed by atoms with E-state index in [1.165, 1.54) is 11.3 Å². The molecule has 1 aliphatic rings. The Hall–Kier alpha value is -1.06. The zero-order chi connectivity index (χ0) is 13.0. The van der Waals surface area contributed by atoms with E-state index < -0.39 is 0 Å². The van der Waals surface area contributed by atoms with Gasteiger partial charge >= 0.3 is 0 Å². The van der Waals surface area contributed by atoms with Crippen LogP contribution in [0, 0.1) is 0 Å². The molecule has 0 heterocycles. The van der Waals surface area contributed by atoms with E-state index in [0.717, 1.165) is 26.0 Å². The number of anilines is 1. The molecular formula is C15H24N2O. The monoisotopic (exact) mass is 248 g/mol. The van der Waals surface area contributed by atoms with Crippen LogP contribution in [0.4, 0.5) is 5.69 Å². The molecule has 0 radical (unpaired) electrons. The lowest BCUT2D eigenvalue weighted by molar-refractivity contribution is 0.00299. The Morgan fingerprint density at radius 2 is 2.11 bits per heavy atom. The van der Waals surface area contributed by atoms with Crippen molar-refractivity contribution in [3.63, 3.8) is 0 Å². The fourth-order valence-electron chi connectivity index (χ4n) is 2.42. The lowest BCUT2D eigenvalue weighted by Crippen LogP contribution is -2.40. The van der Waals surface area contributed by atoms with Gasteiger partial charge in [-0.25, -0.2) is 0 Å². The standard InChI is InChI=1S/C15H24N2O/c1-4-18-15-9-14(10-15)16-13-7-5-6-12(8-13)11-17(2)3/h5-8,14-16H,4,9-11H2,1-3H3. The van der Waals surface area contributed by atoms with Gasteiger partial charge in [0.15, 0.2) is 0 Å².